The van der Waals surface area contributed by atoms with E-state index >= 15 is 0 Å². The van der Waals surface area contributed by atoms with E-state index in [-0.39, 0.29) is 20.1 Å². The van der Waals surface area contributed by atoms with E-state index in [9.17, 15) is 0 Å². The van der Waals surface area contributed by atoms with E-state index in [0.29, 0.717) is 0 Å². The molecule has 4 heterocycles. The van der Waals surface area contributed by atoms with Crippen LogP contribution in [0.4, 0.5) is 22.7 Å². The molecule has 0 saturated carbocycles. The summed E-state index contributed by atoms with van der Waals surface area (Å²) in [6.07, 6.45) is 0. The van der Waals surface area contributed by atoms with E-state index in [4.69, 9.17) is 4.98 Å². The van der Waals surface area contributed by atoms with Gasteiger partial charge < -0.3 is 24.2 Å². The van der Waals surface area contributed by atoms with E-state index in [0.717, 1.165) is 72.8 Å². The second-order valence-corrected chi connectivity index (χ2v) is 14.7. The third kappa shape index (κ3) is 5.29. The predicted octanol–water partition coefficient (Wildman–Crippen LogP) is 10.3. The Morgan fingerprint density at radius 1 is 0.518 bits per heavy atom. The summed E-state index contributed by atoms with van der Waals surface area (Å²) >= 11 is 0. The van der Waals surface area contributed by atoms with Gasteiger partial charge in [0.2, 0.25) is 0 Å². The number of anilines is 4. The molecule has 0 bridgehead atoms. The van der Waals surface area contributed by atoms with Crippen molar-refractivity contribution in [2.75, 3.05) is 33.7 Å². The molecule has 8 aromatic rings. The van der Waals surface area contributed by atoms with Gasteiger partial charge in [0.1, 0.15) is 5.82 Å². The van der Waals surface area contributed by atoms with Gasteiger partial charge in [-0.2, -0.15) is 92.2 Å². The Kier molecular flexibility index (Phi) is 8.76. The molecule has 7 heteroatoms. The predicted molar refractivity (Wildman–Crippen MR) is 224 cm³/mol. The second-order valence-electron chi connectivity index (χ2n) is 14.7. The normalized spacial score (nSPS) is 15.7. The molecule has 0 aliphatic carbocycles. The van der Waals surface area contributed by atoms with Crippen molar-refractivity contribution < 1.29 is 20.1 Å². The topological polar surface area (TPSA) is 30.8 Å². The van der Waals surface area contributed by atoms with Gasteiger partial charge in [-0.25, -0.2) is 4.98 Å². The van der Waals surface area contributed by atoms with Crippen LogP contribution < -0.4 is 19.6 Å². The summed E-state index contributed by atoms with van der Waals surface area (Å²) in [4.78, 5) is 14.7. The first kappa shape index (κ1) is 35.8. The molecule has 0 N–H and O–H groups in total. The van der Waals surface area contributed by atoms with Crippen LogP contribution in [-0.4, -0.2) is 23.6 Å². The Balaban J connectivity index is 0.00000410. The molecule has 0 saturated heterocycles. The fourth-order valence-corrected chi connectivity index (χ4v) is 8.66. The number of aromatic nitrogens is 2. The van der Waals surface area contributed by atoms with Gasteiger partial charge in [0.25, 0.3) is 0 Å². The van der Waals surface area contributed by atoms with Gasteiger partial charge >= 0.3 is 0 Å². The first-order valence-corrected chi connectivity index (χ1v) is 18.7. The molecule has 1 unspecified atom stereocenters. The number of hydrogen-bond acceptors (Lipinski definition) is 5. The van der Waals surface area contributed by atoms with Gasteiger partial charge in [-0.15, -0.1) is 22.1 Å². The van der Waals surface area contributed by atoms with E-state index in [1.807, 2.05) is 24.3 Å². The third-order valence-electron chi connectivity index (χ3n) is 11.6. The molecule has 2 aliphatic heterocycles. The van der Waals surface area contributed by atoms with Crippen LogP contribution in [-0.2, 0) is 31.2 Å². The monoisotopic (exact) mass is 904 g/mol. The standard InChI is InChI=1S/C49H39N6.Ir/c1-48(35-18-7-5-8-19-35,53-33-51(3)41-24-13-15-26-43(41)53)37-30-31-39-38-22-11-12-23-40(38)55(45(39)32-37)47-29-17-28-46(50-47)49(2,36-20-9-6-10-21-36)54-34-52(4)42-25-14-16-27-44(42)54;/h5-18,20,22-31,33-34H,1-4H3;/q-5;/t48?,49-;/m0./s1. The van der Waals surface area contributed by atoms with Crippen molar-refractivity contribution in [3.8, 4) is 5.82 Å². The minimum atomic E-state index is -0.682. The first-order valence-electron chi connectivity index (χ1n) is 18.7. The summed E-state index contributed by atoms with van der Waals surface area (Å²) < 4.78 is 2.28. The molecule has 56 heavy (non-hydrogen) atoms. The third-order valence-corrected chi connectivity index (χ3v) is 11.6. The second kappa shape index (κ2) is 13.7. The van der Waals surface area contributed by atoms with Crippen LogP contribution in [0.2, 0.25) is 0 Å². The molecule has 1 radical (unpaired) electrons. The molecule has 0 fully saturated rings. The Labute approximate surface area is 342 Å². The van der Waals surface area contributed by atoms with Crippen molar-refractivity contribution in [2.24, 2.45) is 0 Å². The minimum Gasteiger partial charge on any atom is -0.504 e. The zero-order valence-electron chi connectivity index (χ0n) is 31.6. The summed E-state index contributed by atoms with van der Waals surface area (Å²) in [5.41, 5.74) is 9.30. The van der Waals surface area contributed by atoms with E-state index in [2.05, 4.69) is 211 Å². The van der Waals surface area contributed by atoms with Gasteiger partial charge in [0.15, 0.2) is 0 Å². The number of fused-ring (bicyclic) bond motifs is 5. The molecule has 2 aromatic heterocycles. The quantitative estimate of drug-likeness (QED) is 0.149. The Hall–Kier alpha value is -5.88. The molecule has 279 valence electrons. The smallest absolute Gasteiger partial charge is 0.136 e. The van der Waals surface area contributed by atoms with Gasteiger partial charge in [-0.3, -0.25) is 0 Å². The van der Waals surface area contributed by atoms with Crippen LogP contribution >= 0.6 is 0 Å². The average molecular weight is 904 g/mol. The van der Waals surface area contributed by atoms with Gasteiger partial charge in [-0.05, 0) is 75.8 Å². The molecule has 2 aliphatic rings. The van der Waals surface area contributed by atoms with Crippen LogP contribution in [0, 0.1) is 31.5 Å². The Morgan fingerprint density at radius 3 is 1.70 bits per heavy atom. The zero-order valence-corrected chi connectivity index (χ0v) is 34.0. The van der Waals surface area contributed by atoms with Crippen molar-refractivity contribution in [1.29, 1.82) is 0 Å². The van der Waals surface area contributed by atoms with E-state index in [1.54, 1.807) is 0 Å². The van der Waals surface area contributed by atoms with E-state index < -0.39 is 11.1 Å². The fraction of sp³-hybridized carbons (Fsp3) is 0.122. The van der Waals surface area contributed by atoms with Crippen molar-refractivity contribution in [1.82, 2.24) is 9.55 Å². The molecular weight excluding hydrogens is 865 g/mol. The average Bonchev–Trinajstić information content (AvgIpc) is 3.89. The molecule has 2 atom stereocenters. The maximum absolute atomic E-state index is 5.59. The van der Waals surface area contributed by atoms with Gasteiger partial charge in [0.05, 0.1) is 11.2 Å². The number of para-hydroxylation sites is 5. The number of benzene rings is 6. The number of nitrogens with zero attached hydrogens (tertiary/aromatic N) is 6. The number of pyridine rings is 1. The number of rotatable bonds is 7. The maximum atomic E-state index is 5.59. The summed E-state index contributed by atoms with van der Waals surface area (Å²) in [5, 5.41) is 2.28. The van der Waals surface area contributed by atoms with Gasteiger partial charge in [-0.1, -0.05) is 54.0 Å². The first-order chi connectivity index (χ1) is 26.9. The summed E-state index contributed by atoms with van der Waals surface area (Å²) in [6, 6.07) is 64.2. The van der Waals surface area contributed by atoms with Crippen LogP contribution in [0.15, 0.2) is 152 Å². The molecule has 0 spiro atoms. The minimum absolute atomic E-state index is 0. The molecule has 6 nitrogen and oxygen atoms in total. The van der Waals surface area contributed by atoms with Crippen molar-refractivity contribution in [2.45, 2.75) is 24.9 Å². The summed E-state index contributed by atoms with van der Waals surface area (Å²) in [7, 11) is 4.20. The van der Waals surface area contributed by atoms with Crippen molar-refractivity contribution >= 4 is 44.6 Å². The van der Waals surface area contributed by atoms with Crippen LogP contribution in [0.1, 0.15) is 36.2 Å². The SMILES string of the molecule is CN1[CH-]N(C(C)(c2[c-]cccc2)c2[c-]c3c(cc2)c2ccccc2n3-c2cccc([C@](C)(c3[c-]cccc3)N3[CH-]N(C)c4ccccc43)n2)c2ccccc21.[Ir]. The fourth-order valence-electron chi connectivity index (χ4n) is 8.66. The largest absolute Gasteiger partial charge is 0.504 e. The van der Waals surface area contributed by atoms with Gasteiger partial charge in [0, 0.05) is 53.9 Å². The Morgan fingerprint density at radius 2 is 1.07 bits per heavy atom. The zero-order chi connectivity index (χ0) is 37.3. The molecule has 0 amide bonds. The van der Waals surface area contributed by atoms with Crippen molar-refractivity contribution in [3.05, 3.63) is 206 Å². The summed E-state index contributed by atoms with van der Waals surface area (Å²) in [6.45, 7) is 8.89. The molecule has 10 rings (SSSR count). The number of hydrogen-bond donors (Lipinski definition) is 0. The summed E-state index contributed by atoms with van der Waals surface area (Å²) in [5.74, 6) is 0.825. The Bertz CT molecular complexity index is 2710. The van der Waals surface area contributed by atoms with Crippen LogP contribution in [0.25, 0.3) is 27.6 Å². The van der Waals surface area contributed by atoms with Crippen LogP contribution in [0.5, 0.6) is 0 Å². The molecule has 6 aromatic carbocycles. The van der Waals surface area contributed by atoms with Crippen molar-refractivity contribution in [3.63, 3.8) is 0 Å². The molecular formula is C49H39IrN6-5. The maximum Gasteiger partial charge on any atom is 0.136 e. The van der Waals surface area contributed by atoms with Crippen LogP contribution in [0.3, 0.4) is 0 Å². The van der Waals surface area contributed by atoms with E-state index in [1.165, 1.54) is 0 Å².